The van der Waals surface area contributed by atoms with Crippen molar-refractivity contribution in [2.75, 3.05) is 40.9 Å². The van der Waals surface area contributed by atoms with Gasteiger partial charge in [-0.3, -0.25) is 4.90 Å². The van der Waals surface area contributed by atoms with E-state index in [0.717, 1.165) is 43.1 Å². The molecule has 0 amide bonds. The van der Waals surface area contributed by atoms with E-state index >= 15 is 0 Å². The van der Waals surface area contributed by atoms with Gasteiger partial charge in [-0.1, -0.05) is 41.6 Å². The van der Waals surface area contributed by atoms with Crippen molar-refractivity contribution in [3.63, 3.8) is 0 Å². The lowest BCUT2D eigenvalue weighted by Crippen LogP contribution is -2.46. The monoisotopic (exact) mass is 436 g/mol. The van der Waals surface area contributed by atoms with E-state index in [9.17, 15) is 0 Å². The highest BCUT2D eigenvalue weighted by atomic mass is 16.5. The molecular weight excluding hydrogens is 404 g/mol. The second kappa shape index (κ2) is 10.6. The van der Waals surface area contributed by atoms with Crippen molar-refractivity contribution in [2.24, 2.45) is 0 Å². The van der Waals surface area contributed by atoms with Gasteiger partial charge in [-0.2, -0.15) is 4.98 Å². The van der Waals surface area contributed by atoms with E-state index in [1.54, 1.807) is 14.2 Å². The average molecular weight is 437 g/mol. The minimum Gasteiger partial charge on any atom is -0.493 e. The van der Waals surface area contributed by atoms with Gasteiger partial charge < -0.3 is 18.9 Å². The van der Waals surface area contributed by atoms with Crippen LogP contribution >= 0.6 is 0 Å². The summed E-state index contributed by atoms with van der Waals surface area (Å²) in [5, 5.41) is 4.15. The number of likely N-dealkylation sites (tertiary alicyclic amines) is 1. The molecule has 1 aliphatic rings. The molecule has 4 rings (SSSR count). The van der Waals surface area contributed by atoms with Crippen molar-refractivity contribution in [3.8, 4) is 22.9 Å². The molecule has 0 spiro atoms. The second-order valence-electron chi connectivity index (χ2n) is 8.33. The van der Waals surface area contributed by atoms with Gasteiger partial charge in [0.25, 0.3) is 0 Å². The Bertz CT molecular complexity index is 992. The molecule has 1 fully saturated rings. The zero-order valence-corrected chi connectivity index (χ0v) is 19.2. The van der Waals surface area contributed by atoms with E-state index in [1.165, 1.54) is 18.4 Å². The molecule has 2 heterocycles. The molecule has 0 N–H and O–H groups in total. The van der Waals surface area contributed by atoms with Crippen LogP contribution in [0, 0.1) is 0 Å². The molecule has 32 heavy (non-hydrogen) atoms. The third kappa shape index (κ3) is 5.47. The molecule has 170 valence electrons. The zero-order valence-electron chi connectivity index (χ0n) is 19.2. The van der Waals surface area contributed by atoms with E-state index < -0.39 is 0 Å². The Morgan fingerprint density at radius 2 is 1.91 bits per heavy atom. The summed E-state index contributed by atoms with van der Waals surface area (Å²) in [5.74, 6) is 2.88. The molecule has 1 aliphatic heterocycles. The van der Waals surface area contributed by atoms with Gasteiger partial charge in [0.15, 0.2) is 11.5 Å². The fraction of sp³-hybridized carbons (Fsp3) is 0.440. The Labute approximate surface area is 189 Å². The number of methoxy groups -OCH3 is 2. The van der Waals surface area contributed by atoms with Crippen LogP contribution in [0.3, 0.4) is 0 Å². The van der Waals surface area contributed by atoms with Crippen molar-refractivity contribution in [1.29, 1.82) is 0 Å². The normalized spacial score (nSPS) is 16.9. The number of piperidine rings is 1. The Morgan fingerprint density at radius 1 is 1.09 bits per heavy atom. The summed E-state index contributed by atoms with van der Waals surface area (Å²) >= 11 is 0. The summed E-state index contributed by atoms with van der Waals surface area (Å²) < 4.78 is 16.3. The lowest BCUT2D eigenvalue weighted by Gasteiger charge is -2.37. The smallest absolute Gasteiger partial charge is 0.241 e. The molecular formula is C25H32N4O3. The SMILES string of the molecule is COc1ccc(CCN(C)C2CCCN(Cc3nc(-c4ccccc4)no3)C2)cc1OC. The minimum absolute atomic E-state index is 0.514. The lowest BCUT2D eigenvalue weighted by atomic mass is 10.0. The highest BCUT2D eigenvalue weighted by Crippen LogP contribution is 2.28. The summed E-state index contributed by atoms with van der Waals surface area (Å²) in [4.78, 5) is 9.48. The molecule has 2 aromatic carbocycles. The molecule has 1 unspecified atom stereocenters. The van der Waals surface area contributed by atoms with Crippen LogP contribution in [0.25, 0.3) is 11.4 Å². The Balaban J connectivity index is 1.30. The van der Waals surface area contributed by atoms with Crippen molar-refractivity contribution in [2.45, 2.75) is 31.8 Å². The molecule has 0 radical (unpaired) electrons. The standard InChI is InChI=1S/C25H32N4O3/c1-28(15-13-19-11-12-22(30-2)23(16-19)31-3)21-10-7-14-29(17-21)18-24-26-25(27-32-24)20-8-5-4-6-9-20/h4-6,8-9,11-12,16,21H,7,10,13-15,17-18H2,1-3H3. The highest BCUT2D eigenvalue weighted by molar-refractivity contribution is 5.53. The predicted molar refractivity (Wildman–Crippen MR) is 124 cm³/mol. The molecule has 7 nitrogen and oxygen atoms in total. The lowest BCUT2D eigenvalue weighted by molar-refractivity contribution is 0.103. The van der Waals surface area contributed by atoms with Crippen molar-refractivity contribution < 1.29 is 14.0 Å². The number of hydrogen-bond acceptors (Lipinski definition) is 7. The Hall–Kier alpha value is -2.90. The summed E-state index contributed by atoms with van der Waals surface area (Å²) in [6.45, 7) is 3.75. The molecule has 0 aliphatic carbocycles. The fourth-order valence-corrected chi connectivity index (χ4v) is 4.27. The van der Waals surface area contributed by atoms with Crippen LogP contribution in [0.15, 0.2) is 53.1 Å². The quantitative estimate of drug-likeness (QED) is 0.504. The van der Waals surface area contributed by atoms with Crippen molar-refractivity contribution in [1.82, 2.24) is 19.9 Å². The third-order valence-corrected chi connectivity index (χ3v) is 6.16. The van der Waals surface area contributed by atoms with Crippen molar-refractivity contribution in [3.05, 3.63) is 60.0 Å². The van der Waals surface area contributed by atoms with Gasteiger partial charge >= 0.3 is 0 Å². The van der Waals surface area contributed by atoms with Gasteiger partial charge in [0.05, 0.1) is 20.8 Å². The molecule has 1 saturated heterocycles. The number of ether oxygens (including phenoxy) is 2. The van der Waals surface area contributed by atoms with Gasteiger partial charge in [0.2, 0.25) is 11.7 Å². The summed E-state index contributed by atoms with van der Waals surface area (Å²) in [6, 6.07) is 16.6. The third-order valence-electron chi connectivity index (χ3n) is 6.16. The van der Waals surface area contributed by atoms with Crippen LogP contribution in [0.5, 0.6) is 11.5 Å². The number of likely N-dealkylation sites (N-methyl/N-ethyl adjacent to an activating group) is 1. The highest BCUT2D eigenvalue weighted by Gasteiger charge is 2.24. The second-order valence-corrected chi connectivity index (χ2v) is 8.33. The maximum Gasteiger partial charge on any atom is 0.241 e. The van der Waals surface area contributed by atoms with Gasteiger partial charge in [0.1, 0.15) is 0 Å². The fourth-order valence-electron chi connectivity index (χ4n) is 4.27. The van der Waals surface area contributed by atoms with Gasteiger partial charge in [-0.15, -0.1) is 0 Å². The topological polar surface area (TPSA) is 63.9 Å². The first-order valence-corrected chi connectivity index (χ1v) is 11.2. The van der Waals surface area contributed by atoms with E-state index in [-0.39, 0.29) is 0 Å². The summed E-state index contributed by atoms with van der Waals surface area (Å²) in [5.41, 5.74) is 2.23. The van der Waals surface area contributed by atoms with Crippen LogP contribution in [-0.2, 0) is 13.0 Å². The van der Waals surface area contributed by atoms with Crippen molar-refractivity contribution >= 4 is 0 Å². The number of benzene rings is 2. The van der Waals surface area contributed by atoms with Gasteiger partial charge in [0, 0.05) is 24.7 Å². The molecule has 1 atom stereocenters. The minimum atomic E-state index is 0.514. The van der Waals surface area contributed by atoms with Crippen LogP contribution in [0.4, 0.5) is 0 Å². The first-order chi connectivity index (χ1) is 15.7. The van der Waals surface area contributed by atoms with Crippen LogP contribution in [0.1, 0.15) is 24.3 Å². The first-order valence-electron chi connectivity index (χ1n) is 11.2. The number of hydrogen-bond donors (Lipinski definition) is 0. The van der Waals surface area contributed by atoms with Crippen LogP contribution in [-0.4, -0.2) is 66.9 Å². The number of nitrogens with zero attached hydrogens (tertiary/aromatic N) is 4. The molecule has 0 saturated carbocycles. The Morgan fingerprint density at radius 3 is 2.69 bits per heavy atom. The first kappa shape index (κ1) is 22.3. The number of rotatable bonds is 9. The van der Waals surface area contributed by atoms with E-state index in [0.29, 0.717) is 24.3 Å². The maximum absolute atomic E-state index is 5.53. The molecule has 7 heteroatoms. The predicted octanol–water partition coefficient (Wildman–Crippen LogP) is 3.89. The summed E-state index contributed by atoms with van der Waals surface area (Å²) in [6.07, 6.45) is 3.35. The van der Waals surface area contributed by atoms with E-state index in [4.69, 9.17) is 14.0 Å². The van der Waals surface area contributed by atoms with Gasteiger partial charge in [-0.05, 0) is 50.6 Å². The van der Waals surface area contributed by atoms with Gasteiger partial charge in [-0.25, -0.2) is 0 Å². The maximum atomic E-state index is 5.53. The number of aromatic nitrogens is 2. The van der Waals surface area contributed by atoms with E-state index in [2.05, 4.69) is 39.1 Å². The average Bonchev–Trinajstić information content (AvgIpc) is 3.31. The molecule has 1 aromatic heterocycles. The summed E-state index contributed by atoms with van der Waals surface area (Å²) in [7, 11) is 5.56. The zero-order chi connectivity index (χ0) is 22.3. The molecule has 0 bridgehead atoms. The van der Waals surface area contributed by atoms with E-state index in [1.807, 2.05) is 36.4 Å². The van der Waals surface area contributed by atoms with Crippen LogP contribution < -0.4 is 9.47 Å². The van der Waals surface area contributed by atoms with Crippen LogP contribution in [0.2, 0.25) is 0 Å². The largest absolute Gasteiger partial charge is 0.493 e. The Kier molecular flexibility index (Phi) is 7.39. The molecule has 3 aromatic rings.